The summed E-state index contributed by atoms with van der Waals surface area (Å²) in [6.07, 6.45) is 1.37. The van der Waals surface area contributed by atoms with Gasteiger partial charge in [0.1, 0.15) is 29.1 Å². The van der Waals surface area contributed by atoms with Crippen molar-refractivity contribution in [2.24, 2.45) is 0 Å². The quantitative estimate of drug-likeness (QED) is 0.634. The van der Waals surface area contributed by atoms with E-state index >= 15 is 0 Å². The second kappa shape index (κ2) is 6.65. The molecule has 0 radical (unpaired) electrons. The third-order valence-electron chi connectivity index (χ3n) is 5.85. The Kier molecular flexibility index (Phi) is 4.30. The number of fused-ring (bicyclic) bond motifs is 5. The van der Waals surface area contributed by atoms with E-state index in [1.165, 1.54) is 21.6 Å². The Morgan fingerprint density at radius 3 is 2.76 bits per heavy atom. The highest BCUT2D eigenvalue weighted by molar-refractivity contribution is 7.25. The summed E-state index contributed by atoms with van der Waals surface area (Å²) >= 11 is 1.44. The Balaban J connectivity index is 1.85. The first-order valence-corrected chi connectivity index (χ1v) is 10.9. The van der Waals surface area contributed by atoms with Crippen LogP contribution in [0.3, 0.4) is 0 Å². The Morgan fingerprint density at radius 2 is 2.03 bits per heavy atom. The Morgan fingerprint density at radius 1 is 1.28 bits per heavy atom. The van der Waals surface area contributed by atoms with E-state index in [0.29, 0.717) is 36.8 Å². The van der Waals surface area contributed by atoms with Gasteiger partial charge in [-0.05, 0) is 19.4 Å². The average Bonchev–Trinajstić information content (AvgIpc) is 3.09. The summed E-state index contributed by atoms with van der Waals surface area (Å²) in [6, 6.07) is 0. The first-order chi connectivity index (χ1) is 13.9. The molecule has 0 saturated carbocycles. The normalized spacial score (nSPS) is 19.1. The maximum atomic E-state index is 12.9. The lowest BCUT2D eigenvalue weighted by Crippen LogP contribution is -2.42. The monoisotopic (exact) mass is 416 g/mol. The lowest BCUT2D eigenvalue weighted by atomic mass is 9.90. The van der Waals surface area contributed by atoms with Crippen molar-refractivity contribution in [2.75, 3.05) is 37.0 Å². The van der Waals surface area contributed by atoms with Gasteiger partial charge >= 0.3 is 0 Å². The number of ether oxygens (including phenoxy) is 2. The minimum absolute atomic E-state index is 0.186. The molecular weight excluding hydrogens is 390 g/mol. The summed E-state index contributed by atoms with van der Waals surface area (Å²) in [5.41, 5.74) is 2.69. The van der Waals surface area contributed by atoms with E-state index in [-0.39, 0.29) is 11.2 Å². The molecule has 0 unspecified atom stereocenters. The highest BCUT2D eigenvalue weighted by Crippen LogP contribution is 2.40. The maximum Gasteiger partial charge on any atom is 0.290 e. The molecule has 154 valence electrons. The molecule has 2 aliphatic rings. The van der Waals surface area contributed by atoms with Crippen LogP contribution in [0.4, 0.5) is 5.82 Å². The molecule has 29 heavy (non-hydrogen) atoms. The fourth-order valence-electron chi connectivity index (χ4n) is 4.33. The number of nitrogens with zero attached hydrogens (tertiary/aromatic N) is 3. The largest absolute Gasteiger partial charge is 0.373 e. The Bertz CT molecular complexity index is 1180. The first kappa shape index (κ1) is 18.8. The smallest absolute Gasteiger partial charge is 0.290 e. The second-order valence-corrected chi connectivity index (χ2v) is 9.32. The van der Waals surface area contributed by atoms with Crippen LogP contribution >= 0.6 is 11.3 Å². The van der Waals surface area contributed by atoms with Crippen LogP contribution in [0.15, 0.2) is 4.79 Å². The van der Waals surface area contributed by atoms with Crippen molar-refractivity contribution in [3.8, 4) is 0 Å². The van der Waals surface area contributed by atoms with Crippen molar-refractivity contribution in [1.29, 1.82) is 0 Å². The number of nitrogens with one attached hydrogen (secondary N) is 1. The van der Waals surface area contributed by atoms with Crippen molar-refractivity contribution < 1.29 is 14.5 Å². The number of rotatable bonds is 2. The van der Waals surface area contributed by atoms with E-state index in [1.54, 1.807) is 0 Å². The zero-order valence-electron chi connectivity index (χ0n) is 17.0. The van der Waals surface area contributed by atoms with Gasteiger partial charge in [-0.1, -0.05) is 18.3 Å². The molecule has 5 rings (SSSR count). The van der Waals surface area contributed by atoms with Crippen LogP contribution in [0, 0.1) is 0 Å². The highest BCUT2D eigenvalue weighted by atomic mass is 32.1. The fourth-order valence-corrected chi connectivity index (χ4v) is 5.43. The van der Waals surface area contributed by atoms with Crippen LogP contribution in [0.2, 0.25) is 0 Å². The van der Waals surface area contributed by atoms with E-state index in [4.69, 9.17) is 20.3 Å². The summed E-state index contributed by atoms with van der Waals surface area (Å²) in [5, 5.41) is 1.04. The van der Waals surface area contributed by atoms with E-state index in [2.05, 4.69) is 23.7 Å². The van der Waals surface area contributed by atoms with Crippen molar-refractivity contribution in [3.63, 3.8) is 0 Å². The SMILES string of the molecule is CCc1nc2c(sc3[nH+]c(N4CCOCC4)c4c(c32)CC(C)(C)OC4)c(=O)n1N. The van der Waals surface area contributed by atoms with Gasteiger partial charge in [0.05, 0.1) is 36.4 Å². The summed E-state index contributed by atoms with van der Waals surface area (Å²) in [7, 11) is 0. The molecule has 1 saturated heterocycles. The van der Waals surface area contributed by atoms with Gasteiger partial charge in [-0.3, -0.25) is 9.69 Å². The number of hydrogen-bond donors (Lipinski definition) is 1. The first-order valence-electron chi connectivity index (χ1n) is 10.1. The van der Waals surface area contributed by atoms with Crippen molar-refractivity contribution in [2.45, 2.75) is 45.8 Å². The molecule has 3 aromatic heterocycles. The van der Waals surface area contributed by atoms with E-state index in [0.717, 1.165) is 46.6 Å². The molecule has 0 spiro atoms. The number of morpholine rings is 1. The molecule has 0 aromatic carbocycles. The van der Waals surface area contributed by atoms with E-state index in [9.17, 15) is 4.79 Å². The van der Waals surface area contributed by atoms with Crippen LogP contribution in [-0.2, 0) is 28.9 Å². The van der Waals surface area contributed by atoms with Gasteiger partial charge < -0.3 is 15.3 Å². The molecule has 9 heteroatoms. The highest BCUT2D eigenvalue weighted by Gasteiger charge is 2.36. The Hall–Kier alpha value is -2.23. The fraction of sp³-hybridized carbons (Fsp3) is 0.550. The summed E-state index contributed by atoms with van der Waals surface area (Å²) in [5.74, 6) is 7.67. The van der Waals surface area contributed by atoms with Crippen LogP contribution < -0.4 is 21.3 Å². The van der Waals surface area contributed by atoms with Gasteiger partial charge in [0.25, 0.3) is 11.4 Å². The lowest BCUT2D eigenvalue weighted by molar-refractivity contribution is -0.329. The predicted molar refractivity (Wildman–Crippen MR) is 113 cm³/mol. The number of hydrogen-bond acceptors (Lipinski definition) is 7. The zero-order chi connectivity index (χ0) is 20.3. The third kappa shape index (κ3) is 2.91. The van der Waals surface area contributed by atoms with Gasteiger partial charge in [0.2, 0.25) is 0 Å². The van der Waals surface area contributed by atoms with Crippen molar-refractivity contribution in [1.82, 2.24) is 9.66 Å². The number of pyridine rings is 1. The summed E-state index contributed by atoms with van der Waals surface area (Å²) < 4.78 is 13.5. The molecular formula is C20H26N5O3S+. The molecule has 3 N–H and O–H groups in total. The molecule has 2 aliphatic heterocycles. The van der Waals surface area contributed by atoms with Gasteiger partial charge in [0.15, 0.2) is 4.83 Å². The molecule has 0 bridgehead atoms. The van der Waals surface area contributed by atoms with E-state index in [1.807, 2.05) is 6.92 Å². The molecule has 3 aromatic rings. The maximum absolute atomic E-state index is 12.9. The standard InChI is InChI=1S/C20H25N5O3S/c1-4-13-22-15-14-11-9-20(2,3)28-10-12(11)17(24-5-7-27-8-6-24)23-18(14)29-16(15)19(26)25(13)21/h4-10,21H2,1-3H3/p+1. The molecule has 8 nitrogen and oxygen atoms in total. The average molecular weight is 417 g/mol. The molecule has 1 fully saturated rings. The number of thiophene rings is 1. The van der Waals surface area contributed by atoms with Crippen molar-refractivity contribution in [3.05, 3.63) is 27.3 Å². The molecule has 5 heterocycles. The third-order valence-corrected chi connectivity index (χ3v) is 6.93. The summed E-state index contributed by atoms with van der Waals surface area (Å²) in [6.45, 7) is 9.79. The summed E-state index contributed by atoms with van der Waals surface area (Å²) in [4.78, 5) is 24.6. The lowest BCUT2D eigenvalue weighted by Gasteiger charge is -2.33. The number of aromatic amines is 1. The van der Waals surface area contributed by atoms with Crippen LogP contribution in [0.1, 0.15) is 37.7 Å². The molecule has 0 atom stereocenters. The van der Waals surface area contributed by atoms with Gasteiger partial charge in [-0.15, -0.1) is 0 Å². The minimum Gasteiger partial charge on any atom is -0.373 e. The number of H-pyrrole nitrogens is 1. The minimum atomic E-state index is -0.270. The van der Waals surface area contributed by atoms with Gasteiger partial charge in [0, 0.05) is 12.8 Å². The molecule has 0 amide bonds. The number of aromatic nitrogens is 3. The number of anilines is 1. The second-order valence-electron chi connectivity index (χ2n) is 8.30. The van der Waals surface area contributed by atoms with Crippen LogP contribution in [0.5, 0.6) is 0 Å². The number of nitrogen functional groups attached to an aromatic ring is 1. The molecule has 0 aliphatic carbocycles. The topological polar surface area (TPSA) is 96.8 Å². The predicted octanol–water partition coefficient (Wildman–Crippen LogP) is 1.39. The van der Waals surface area contributed by atoms with Gasteiger partial charge in [-0.25, -0.2) is 14.6 Å². The van der Waals surface area contributed by atoms with Crippen LogP contribution in [-0.4, -0.2) is 41.6 Å². The van der Waals surface area contributed by atoms with Crippen LogP contribution in [0.25, 0.3) is 20.4 Å². The zero-order valence-corrected chi connectivity index (χ0v) is 17.8. The van der Waals surface area contributed by atoms with Crippen molar-refractivity contribution >= 4 is 37.6 Å². The number of aryl methyl sites for hydroxylation is 1. The Labute approximate surface area is 172 Å². The number of nitrogens with two attached hydrogens (primary N) is 1. The van der Waals surface area contributed by atoms with Gasteiger partial charge in [-0.2, -0.15) is 0 Å². The van der Waals surface area contributed by atoms with E-state index < -0.39 is 0 Å².